The molecule has 2 rings (SSSR count). The van der Waals surface area contributed by atoms with Crippen LogP contribution in [0.4, 0.5) is 0 Å². The molecular formula is C12H16ClNO2. The molecule has 1 aromatic rings. The molecule has 16 heavy (non-hydrogen) atoms. The van der Waals surface area contributed by atoms with E-state index in [-0.39, 0.29) is 6.04 Å². The zero-order valence-corrected chi connectivity index (χ0v) is 10.3. The van der Waals surface area contributed by atoms with Crippen molar-refractivity contribution in [2.75, 3.05) is 14.2 Å². The summed E-state index contributed by atoms with van der Waals surface area (Å²) in [6.45, 7) is 0. The zero-order chi connectivity index (χ0) is 11.7. The van der Waals surface area contributed by atoms with E-state index in [0.29, 0.717) is 5.75 Å². The van der Waals surface area contributed by atoms with Gasteiger partial charge in [-0.15, -0.1) is 0 Å². The Hall–Kier alpha value is -0.930. The molecule has 0 fully saturated rings. The third kappa shape index (κ3) is 1.74. The first-order chi connectivity index (χ1) is 7.69. The van der Waals surface area contributed by atoms with Crippen molar-refractivity contribution in [3.63, 3.8) is 0 Å². The summed E-state index contributed by atoms with van der Waals surface area (Å²) < 4.78 is 10.7. The van der Waals surface area contributed by atoms with E-state index < -0.39 is 0 Å². The van der Waals surface area contributed by atoms with E-state index in [4.69, 9.17) is 26.8 Å². The van der Waals surface area contributed by atoms with Crippen molar-refractivity contribution >= 4 is 11.6 Å². The Balaban J connectivity index is 2.65. The minimum absolute atomic E-state index is 0.00806. The Morgan fingerprint density at radius 2 is 2.12 bits per heavy atom. The SMILES string of the molecule is COc1cc(Cl)c2c(c1OC)[C@H](N)CCC2. The lowest BCUT2D eigenvalue weighted by atomic mass is 9.87. The first-order valence-electron chi connectivity index (χ1n) is 5.37. The molecule has 0 aliphatic heterocycles. The monoisotopic (exact) mass is 241 g/mol. The predicted octanol–water partition coefficient (Wildman–Crippen LogP) is 2.69. The molecule has 1 aromatic carbocycles. The standard InChI is InChI=1S/C12H16ClNO2/c1-15-10-6-8(13)7-4-3-5-9(14)11(7)12(10)16-2/h6,9H,3-5,14H2,1-2H3/t9-/m1/s1. The Kier molecular flexibility index (Phi) is 3.26. The van der Waals surface area contributed by atoms with Gasteiger partial charge in [0, 0.05) is 22.7 Å². The minimum atomic E-state index is -0.00806. The quantitative estimate of drug-likeness (QED) is 0.866. The predicted molar refractivity (Wildman–Crippen MR) is 64.4 cm³/mol. The van der Waals surface area contributed by atoms with Gasteiger partial charge in [0.15, 0.2) is 11.5 Å². The average molecular weight is 242 g/mol. The molecule has 0 saturated heterocycles. The van der Waals surface area contributed by atoms with E-state index in [1.54, 1.807) is 20.3 Å². The van der Waals surface area contributed by atoms with E-state index in [0.717, 1.165) is 41.2 Å². The third-order valence-corrected chi connectivity index (χ3v) is 3.41. The van der Waals surface area contributed by atoms with Gasteiger partial charge in [-0.05, 0) is 24.8 Å². The van der Waals surface area contributed by atoms with Crippen LogP contribution in [0.2, 0.25) is 5.02 Å². The molecule has 0 bridgehead atoms. The molecule has 0 unspecified atom stereocenters. The van der Waals surface area contributed by atoms with Crippen LogP contribution in [0.5, 0.6) is 11.5 Å². The average Bonchev–Trinajstić information content (AvgIpc) is 2.29. The summed E-state index contributed by atoms with van der Waals surface area (Å²) in [7, 11) is 3.24. The summed E-state index contributed by atoms with van der Waals surface area (Å²) in [5.41, 5.74) is 8.24. The number of halogens is 1. The van der Waals surface area contributed by atoms with E-state index >= 15 is 0 Å². The van der Waals surface area contributed by atoms with E-state index in [1.807, 2.05) is 0 Å². The highest BCUT2D eigenvalue weighted by atomic mass is 35.5. The van der Waals surface area contributed by atoms with Crippen LogP contribution >= 0.6 is 11.6 Å². The molecule has 1 aliphatic rings. The van der Waals surface area contributed by atoms with E-state index in [2.05, 4.69) is 0 Å². The van der Waals surface area contributed by atoms with Gasteiger partial charge in [0.2, 0.25) is 0 Å². The van der Waals surface area contributed by atoms with Crippen LogP contribution in [0.3, 0.4) is 0 Å². The van der Waals surface area contributed by atoms with Gasteiger partial charge in [-0.3, -0.25) is 0 Å². The lowest BCUT2D eigenvalue weighted by Gasteiger charge is -2.26. The van der Waals surface area contributed by atoms with Crippen LogP contribution in [0.25, 0.3) is 0 Å². The van der Waals surface area contributed by atoms with Crippen molar-refractivity contribution < 1.29 is 9.47 Å². The van der Waals surface area contributed by atoms with Gasteiger partial charge in [-0.25, -0.2) is 0 Å². The molecule has 0 heterocycles. The molecule has 4 heteroatoms. The molecule has 88 valence electrons. The maximum atomic E-state index is 6.23. The van der Waals surface area contributed by atoms with Gasteiger partial charge in [0.05, 0.1) is 14.2 Å². The highest BCUT2D eigenvalue weighted by Gasteiger charge is 2.26. The lowest BCUT2D eigenvalue weighted by molar-refractivity contribution is 0.346. The molecule has 2 N–H and O–H groups in total. The Morgan fingerprint density at radius 1 is 1.38 bits per heavy atom. The van der Waals surface area contributed by atoms with Gasteiger partial charge in [-0.2, -0.15) is 0 Å². The second-order valence-electron chi connectivity index (χ2n) is 3.98. The Morgan fingerprint density at radius 3 is 2.75 bits per heavy atom. The molecule has 0 aromatic heterocycles. The smallest absolute Gasteiger partial charge is 0.165 e. The van der Waals surface area contributed by atoms with E-state index in [9.17, 15) is 0 Å². The molecular weight excluding hydrogens is 226 g/mol. The van der Waals surface area contributed by atoms with Gasteiger partial charge in [0.1, 0.15) is 0 Å². The number of nitrogens with two attached hydrogens (primary N) is 1. The molecule has 1 aliphatic carbocycles. The van der Waals surface area contributed by atoms with Crippen LogP contribution in [-0.2, 0) is 6.42 Å². The van der Waals surface area contributed by atoms with Crippen LogP contribution < -0.4 is 15.2 Å². The molecule has 0 radical (unpaired) electrons. The fraction of sp³-hybridized carbons (Fsp3) is 0.500. The number of benzene rings is 1. The first-order valence-corrected chi connectivity index (χ1v) is 5.75. The van der Waals surface area contributed by atoms with Crippen LogP contribution in [0.1, 0.15) is 30.0 Å². The summed E-state index contributed by atoms with van der Waals surface area (Å²) in [5.74, 6) is 1.39. The summed E-state index contributed by atoms with van der Waals surface area (Å²) in [4.78, 5) is 0. The highest BCUT2D eigenvalue weighted by Crippen LogP contribution is 2.44. The number of hydrogen-bond donors (Lipinski definition) is 1. The van der Waals surface area contributed by atoms with E-state index in [1.165, 1.54) is 0 Å². The first kappa shape index (κ1) is 11.6. The lowest BCUT2D eigenvalue weighted by Crippen LogP contribution is -2.19. The molecule has 0 amide bonds. The van der Waals surface area contributed by atoms with Gasteiger partial charge >= 0.3 is 0 Å². The topological polar surface area (TPSA) is 44.5 Å². The van der Waals surface area contributed by atoms with Crippen LogP contribution in [0, 0.1) is 0 Å². The molecule has 3 nitrogen and oxygen atoms in total. The fourth-order valence-corrected chi connectivity index (χ4v) is 2.61. The number of methoxy groups -OCH3 is 2. The number of fused-ring (bicyclic) bond motifs is 1. The number of rotatable bonds is 2. The summed E-state index contributed by atoms with van der Waals surface area (Å²) in [6.07, 6.45) is 3.00. The van der Waals surface area contributed by atoms with Gasteiger partial charge in [0.25, 0.3) is 0 Å². The Labute approximate surface area is 100 Å². The summed E-state index contributed by atoms with van der Waals surface area (Å²) in [6, 6.07) is 1.79. The van der Waals surface area contributed by atoms with Crippen molar-refractivity contribution in [3.8, 4) is 11.5 Å². The summed E-state index contributed by atoms with van der Waals surface area (Å²) in [5, 5.41) is 0.725. The van der Waals surface area contributed by atoms with Crippen LogP contribution in [-0.4, -0.2) is 14.2 Å². The van der Waals surface area contributed by atoms with Gasteiger partial charge in [-0.1, -0.05) is 11.6 Å². The van der Waals surface area contributed by atoms with Crippen molar-refractivity contribution in [2.24, 2.45) is 5.73 Å². The molecule has 0 saturated carbocycles. The van der Waals surface area contributed by atoms with Crippen molar-refractivity contribution in [1.29, 1.82) is 0 Å². The van der Waals surface area contributed by atoms with Crippen molar-refractivity contribution in [1.82, 2.24) is 0 Å². The molecule has 0 spiro atoms. The maximum absolute atomic E-state index is 6.23. The second kappa shape index (κ2) is 4.52. The maximum Gasteiger partial charge on any atom is 0.165 e. The molecule has 1 atom stereocenters. The van der Waals surface area contributed by atoms with Crippen LogP contribution in [0.15, 0.2) is 6.07 Å². The fourth-order valence-electron chi connectivity index (χ4n) is 2.32. The zero-order valence-electron chi connectivity index (χ0n) is 9.55. The second-order valence-corrected chi connectivity index (χ2v) is 4.39. The number of ether oxygens (including phenoxy) is 2. The third-order valence-electron chi connectivity index (χ3n) is 3.08. The van der Waals surface area contributed by atoms with Crippen molar-refractivity contribution in [2.45, 2.75) is 25.3 Å². The highest BCUT2D eigenvalue weighted by molar-refractivity contribution is 6.31. The summed E-state index contributed by atoms with van der Waals surface area (Å²) >= 11 is 6.23. The van der Waals surface area contributed by atoms with Crippen molar-refractivity contribution in [3.05, 3.63) is 22.2 Å². The van der Waals surface area contributed by atoms with Gasteiger partial charge < -0.3 is 15.2 Å². The normalized spacial score (nSPS) is 19.1. The minimum Gasteiger partial charge on any atom is -0.493 e. The Bertz CT molecular complexity index is 406. The number of hydrogen-bond acceptors (Lipinski definition) is 3. The largest absolute Gasteiger partial charge is 0.493 e.